The maximum atomic E-state index is 13.3. The van der Waals surface area contributed by atoms with Crippen LogP contribution in [-0.2, 0) is 28.8 Å². The van der Waals surface area contributed by atoms with E-state index in [9.17, 15) is 39.6 Å². The van der Waals surface area contributed by atoms with Crippen LogP contribution in [0.1, 0.15) is 27.0 Å². The second kappa shape index (κ2) is 9.29. The number of methoxy groups -OCH3 is 1. The molecule has 1 amide bonds. The van der Waals surface area contributed by atoms with Gasteiger partial charge in [0, 0.05) is 12.2 Å². The molecule has 1 heterocycles. The maximum Gasteiger partial charge on any atom is 0.416 e. The number of benzene rings is 3. The third-order valence-electron chi connectivity index (χ3n) is 5.69. The van der Waals surface area contributed by atoms with Crippen LogP contribution in [0.3, 0.4) is 0 Å². The van der Waals surface area contributed by atoms with Crippen LogP contribution in [0, 0.1) is 0 Å². The number of nitrogens with zero attached hydrogens (tertiary/aromatic N) is 1. The second-order valence-electron chi connectivity index (χ2n) is 8.07. The topological polar surface area (TPSA) is 75.7 Å². The van der Waals surface area contributed by atoms with E-state index in [1.54, 1.807) is 24.3 Å². The molecule has 0 unspecified atom stereocenters. The maximum absolute atomic E-state index is 13.3. The first-order chi connectivity index (χ1) is 17.2. The van der Waals surface area contributed by atoms with Gasteiger partial charge >= 0.3 is 12.4 Å². The summed E-state index contributed by atoms with van der Waals surface area (Å²) in [5, 5.41) is 1.99. The number of carbonyl (C=O) groups excluding carboxylic acids is 1. The zero-order valence-corrected chi connectivity index (χ0v) is 19.8. The highest BCUT2D eigenvalue weighted by Gasteiger charge is 2.37. The third-order valence-corrected chi connectivity index (χ3v) is 7.50. The number of alkyl halides is 6. The Balaban J connectivity index is 1.72. The number of sulfonamides is 1. The molecule has 37 heavy (non-hydrogen) atoms. The van der Waals surface area contributed by atoms with Crippen molar-refractivity contribution in [3.05, 3.63) is 82.9 Å². The van der Waals surface area contributed by atoms with E-state index in [-0.39, 0.29) is 23.3 Å². The van der Waals surface area contributed by atoms with Gasteiger partial charge in [0.1, 0.15) is 5.75 Å². The Kier molecular flexibility index (Phi) is 6.61. The van der Waals surface area contributed by atoms with E-state index < -0.39 is 50.7 Å². The molecule has 0 radical (unpaired) electrons. The molecule has 1 aliphatic heterocycles. The van der Waals surface area contributed by atoms with Crippen molar-refractivity contribution in [2.45, 2.75) is 23.7 Å². The van der Waals surface area contributed by atoms with Gasteiger partial charge in [-0.2, -0.15) is 26.3 Å². The molecular weight excluding hydrogens is 526 g/mol. The molecule has 0 fully saturated rings. The van der Waals surface area contributed by atoms with Gasteiger partial charge in [0.05, 0.1) is 34.4 Å². The number of rotatable bonds is 5. The van der Waals surface area contributed by atoms with Crippen molar-refractivity contribution in [3.8, 4) is 5.75 Å². The average Bonchev–Trinajstić information content (AvgIpc) is 3.27. The quantitative estimate of drug-likeness (QED) is 0.416. The van der Waals surface area contributed by atoms with Gasteiger partial charge in [-0.25, -0.2) is 8.42 Å². The van der Waals surface area contributed by atoms with Gasteiger partial charge in [-0.1, -0.05) is 18.2 Å². The summed E-state index contributed by atoms with van der Waals surface area (Å²) >= 11 is 0. The van der Waals surface area contributed by atoms with Crippen LogP contribution in [0.5, 0.6) is 5.75 Å². The van der Waals surface area contributed by atoms with Gasteiger partial charge in [0.2, 0.25) is 0 Å². The number of amides is 1. The minimum absolute atomic E-state index is 0.0721. The largest absolute Gasteiger partial charge is 0.496 e. The van der Waals surface area contributed by atoms with Crippen molar-refractivity contribution in [3.63, 3.8) is 0 Å². The highest BCUT2D eigenvalue weighted by molar-refractivity contribution is 7.92. The fourth-order valence-electron chi connectivity index (χ4n) is 3.94. The summed E-state index contributed by atoms with van der Waals surface area (Å²) in [6, 6.07) is 10.8. The van der Waals surface area contributed by atoms with Crippen LogP contribution in [0.2, 0.25) is 0 Å². The zero-order chi connectivity index (χ0) is 27.2. The number of nitrogens with one attached hydrogen (secondary N) is 1. The summed E-state index contributed by atoms with van der Waals surface area (Å²) in [6.07, 6.45) is -9.76. The molecule has 0 spiro atoms. The predicted octanol–water partition coefficient (Wildman–Crippen LogP) is 5.74. The fraction of sp³-hybridized carbons (Fsp3) is 0.208. The van der Waals surface area contributed by atoms with Gasteiger partial charge < -0.3 is 10.1 Å². The van der Waals surface area contributed by atoms with Crippen LogP contribution in [0.4, 0.5) is 37.7 Å². The number of para-hydroxylation sites is 1. The minimum atomic E-state index is -5.11. The molecular formula is C24H18F6N2O4S. The first-order valence-electron chi connectivity index (χ1n) is 10.6. The summed E-state index contributed by atoms with van der Waals surface area (Å²) in [5.74, 6) is -1.30. The summed E-state index contributed by atoms with van der Waals surface area (Å²) in [6.45, 7) is 0.152. The van der Waals surface area contributed by atoms with Crippen LogP contribution >= 0.6 is 0 Å². The predicted molar refractivity (Wildman–Crippen MR) is 122 cm³/mol. The Morgan fingerprint density at radius 1 is 0.919 bits per heavy atom. The standard InChI is InChI=1S/C24H18F6N2O4S/c1-36-21-7-6-18(37(34,35)32-9-8-14-4-2-3-5-20(14)32)13-19(21)22(33)31-17-11-15(23(25,26)27)10-16(12-17)24(28,29)30/h2-7,10-13H,8-9H2,1H3,(H,31,33). The van der Waals surface area contributed by atoms with Gasteiger partial charge in [-0.05, 0) is 54.4 Å². The van der Waals surface area contributed by atoms with Gasteiger partial charge in [0.25, 0.3) is 15.9 Å². The van der Waals surface area contributed by atoms with Crippen molar-refractivity contribution in [2.24, 2.45) is 0 Å². The molecule has 196 valence electrons. The van der Waals surface area contributed by atoms with Gasteiger partial charge in [-0.3, -0.25) is 9.10 Å². The highest BCUT2D eigenvalue weighted by atomic mass is 32.2. The highest BCUT2D eigenvalue weighted by Crippen LogP contribution is 2.38. The van der Waals surface area contributed by atoms with Crippen LogP contribution in [0.15, 0.2) is 65.6 Å². The SMILES string of the molecule is COc1ccc(S(=O)(=O)N2CCc3ccccc32)cc1C(=O)Nc1cc(C(F)(F)F)cc(C(F)(F)F)c1. The van der Waals surface area contributed by atoms with Crippen LogP contribution < -0.4 is 14.4 Å². The van der Waals surface area contributed by atoms with E-state index in [1.165, 1.54) is 19.2 Å². The number of ether oxygens (including phenoxy) is 1. The van der Waals surface area contributed by atoms with E-state index in [1.807, 2.05) is 5.32 Å². The molecule has 3 aromatic rings. The molecule has 6 nitrogen and oxygen atoms in total. The molecule has 1 aliphatic rings. The lowest BCUT2D eigenvalue weighted by Gasteiger charge is -2.20. The molecule has 13 heteroatoms. The zero-order valence-electron chi connectivity index (χ0n) is 18.9. The molecule has 1 N–H and O–H groups in total. The Labute approximate surface area is 207 Å². The van der Waals surface area contributed by atoms with Gasteiger partial charge in [-0.15, -0.1) is 0 Å². The van der Waals surface area contributed by atoms with Crippen LogP contribution in [0.25, 0.3) is 0 Å². The van der Waals surface area contributed by atoms with Crippen molar-refractivity contribution in [1.29, 1.82) is 0 Å². The van der Waals surface area contributed by atoms with E-state index in [4.69, 9.17) is 4.74 Å². The Morgan fingerprint density at radius 2 is 1.54 bits per heavy atom. The summed E-state index contributed by atoms with van der Waals surface area (Å²) in [5.41, 5.74) is -3.14. The third kappa shape index (κ3) is 5.22. The minimum Gasteiger partial charge on any atom is -0.496 e. The van der Waals surface area contributed by atoms with E-state index in [2.05, 4.69) is 0 Å². The molecule has 0 bridgehead atoms. The average molecular weight is 544 g/mol. The van der Waals surface area contributed by atoms with Crippen molar-refractivity contribution >= 4 is 27.3 Å². The van der Waals surface area contributed by atoms with Crippen molar-refractivity contribution in [2.75, 3.05) is 23.3 Å². The first kappa shape index (κ1) is 26.3. The molecule has 0 saturated heterocycles. The van der Waals surface area contributed by atoms with Gasteiger partial charge in [0.15, 0.2) is 0 Å². The monoisotopic (exact) mass is 544 g/mol. The Hall–Kier alpha value is -3.74. The van der Waals surface area contributed by atoms with E-state index in [0.29, 0.717) is 24.2 Å². The lowest BCUT2D eigenvalue weighted by molar-refractivity contribution is -0.143. The fourth-order valence-corrected chi connectivity index (χ4v) is 5.47. The van der Waals surface area contributed by atoms with E-state index >= 15 is 0 Å². The second-order valence-corrected chi connectivity index (χ2v) is 9.93. The lowest BCUT2D eigenvalue weighted by atomic mass is 10.1. The number of hydrogen-bond donors (Lipinski definition) is 1. The van der Waals surface area contributed by atoms with E-state index in [0.717, 1.165) is 15.9 Å². The van der Waals surface area contributed by atoms with Crippen molar-refractivity contribution < 1.29 is 44.3 Å². The summed E-state index contributed by atoms with van der Waals surface area (Å²) in [4.78, 5) is 12.6. The molecule has 3 aromatic carbocycles. The molecule has 0 saturated carbocycles. The first-order valence-corrected chi connectivity index (χ1v) is 12.1. The molecule has 4 rings (SSSR count). The molecule has 0 aromatic heterocycles. The lowest BCUT2D eigenvalue weighted by Crippen LogP contribution is -2.29. The number of halogens is 6. The smallest absolute Gasteiger partial charge is 0.416 e. The Bertz CT molecular complexity index is 1440. The van der Waals surface area contributed by atoms with Crippen molar-refractivity contribution in [1.82, 2.24) is 0 Å². The number of hydrogen-bond acceptors (Lipinski definition) is 4. The Morgan fingerprint density at radius 3 is 2.14 bits per heavy atom. The van der Waals surface area contributed by atoms with Crippen LogP contribution in [-0.4, -0.2) is 28.0 Å². The normalized spacial score (nSPS) is 13.9. The summed E-state index contributed by atoms with van der Waals surface area (Å²) < 4.78 is 112. The molecule has 0 aliphatic carbocycles. The number of anilines is 2. The molecule has 0 atom stereocenters. The summed E-state index contributed by atoms with van der Waals surface area (Å²) in [7, 11) is -2.99. The number of fused-ring (bicyclic) bond motifs is 1. The number of carbonyl (C=O) groups is 1.